The highest BCUT2D eigenvalue weighted by molar-refractivity contribution is 5.98. The molecule has 1 saturated carbocycles. The second-order valence-corrected chi connectivity index (χ2v) is 8.21. The fraction of sp³-hybridized carbons (Fsp3) is 0.292. The molecule has 0 spiro atoms. The molecule has 0 aromatic heterocycles. The van der Waals surface area contributed by atoms with Crippen LogP contribution in [0.2, 0.25) is 0 Å². The number of anilines is 1. The second kappa shape index (κ2) is 6.85. The van der Waals surface area contributed by atoms with Crippen LogP contribution in [-0.2, 0) is 5.54 Å². The molecule has 2 aliphatic rings. The minimum Gasteiger partial charge on any atom is -0.380 e. The number of fused-ring (bicyclic) bond motifs is 1. The Balaban J connectivity index is 1.44. The number of carbonyl (C=O) groups excluding carboxylic acids is 1. The lowest BCUT2D eigenvalue weighted by Crippen LogP contribution is -2.51. The second-order valence-electron chi connectivity index (χ2n) is 8.21. The van der Waals surface area contributed by atoms with Crippen molar-refractivity contribution in [3.05, 3.63) is 77.1 Å². The standard InChI is InChI=1S/C24H24FN3O/c1-15-6-7-16(27-17-13-26-14-17)12-20(15)23(29)28-24(10-11-24)21-8-9-22(25)19-5-3-2-4-18(19)21/h2-9,12,17,26-27H,10-11,13-14H2,1H3,(H,28,29). The van der Waals surface area contributed by atoms with Gasteiger partial charge < -0.3 is 16.0 Å². The van der Waals surface area contributed by atoms with Crippen LogP contribution in [0.3, 0.4) is 0 Å². The molecule has 0 bridgehead atoms. The first-order chi connectivity index (χ1) is 14.1. The van der Waals surface area contributed by atoms with E-state index in [2.05, 4.69) is 16.0 Å². The van der Waals surface area contributed by atoms with Gasteiger partial charge in [0.1, 0.15) is 5.82 Å². The third-order valence-electron chi connectivity index (χ3n) is 6.12. The quantitative estimate of drug-likeness (QED) is 0.616. The fourth-order valence-electron chi connectivity index (χ4n) is 4.13. The molecular formula is C24H24FN3O. The average molecular weight is 389 g/mol. The lowest BCUT2D eigenvalue weighted by molar-refractivity contribution is 0.0930. The molecule has 1 saturated heterocycles. The van der Waals surface area contributed by atoms with E-state index in [1.807, 2.05) is 49.4 Å². The maximum absolute atomic E-state index is 14.2. The number of carbonyl (C=O) groups is 1. The van der Waals surface area contributed by atoms with Crippen molar-refractivity contribution >= 4 is 22.4 Å². The smallest absolute Gasteiger partial charge is 0.252 e. The first kappa shape index (κ1) is 18.1. The molecule has 5 rings (SSSR count). The van der Waals surface area contributed by atoms with Gasteiger partial charge in [0.05, 0.1) is 11.6 Å². The zero-order chi connectivity index (χ0) is 20.0. The van der Waals surface area contributed by atoms with Crippen LogP contribution in [0, 0.1) is 12.7 Å². The zero-order valence-corrected chi connectivity index (χ0v) is 16.4. The van der Waals surface area contributed by atoms with Crippen molar-refractivity contribution in [1.82, 2.24) is 10.6 Å². The van der Waals surface area contributed by atoms with Crippen molar-refractivity contribution < 1.29 is 9.18 Å². The van der Waals surface area contributed by atoms with Crippen LogP contribution in [0.5, 0.6) is 0 Å². The molecule has 0 unspecified atom stereocenters. The number of hydrogen-bond donors (Lipinski definition) is 3. The summed E-state index contributed by atoms with van der Waals surface area (Å²) in [6, 6.07) is 17.1. The number of amides is 1. The SMILES string of the molecule is Cc1ccc(NC2CNC2)cc1C(=O)NC1(c2ccc(F)c3ccccc23)CC1. The Bertz CT molecular complexity index is 1100. The van der Waals surface area contributed by atoms with E-state index in [1.54, 1.807) is 6.07 Å². The lowest BCUT2D eigenvalue weighted by atomic mass is 9.96. The Morgan fingerprint density at radius 1 is 1.07 bits per heavy atom. The van der Waals surface area contributed by atoms with Crippen molar-refractivity contribution in [3.63, 3.8) is 0 Å². The van der Waals surface area contributed by atoms with Gasteiger partial charge in [-0.25, -0.2) is 4.39 Å². The van der Waals surface area contributed by atoms with Crippen LogP contribution in [-0.4, -0.2) is 25.0 Å². The summed E-state index contributed by atoms with van der Waals surface area (Å²) in [7, 11) is 0. The van der Waals surface area contributed by atoms with Gasteiger partial charge in [-0.15, -0.1) is 0 Å². The summed E-state index contributed by atoms with van der Waals surface area (Å²) < 4.78 is 14.2. The first-order valence-electron chi connectivity index (χ1n) is 10.1. The van der Waals surface area contributed by atoms with Crippen LogP contribution in [0.4, 0.5) is 10.1 Å². The van der Waals surface area contributed by atoms with Crippen molar-refractivity contribution in [2.45, 2.75) is 31.3 Å². The molecule has 0 radical (unpaired) electrons. The molecule has 1 aliphatic carbocycles. The van der Waals surface area contributed by atoms with E-state index in [0.29, 0.717) is 17.0 Å². The molecule has 148 valence electrons. The van der Waals surface area contributed by atoms with E-state index in [0.717, 1.165) is 48.1 Å². The van der Waals surface area contributed by atoms with Crippen LogP contribution < -0.4 is 16.0 Å². The Morgan fingerprint density at radius 2 is 1.83 bits per heavy atom. The van der Waals surface area contributed by atoms with Gasteiger partial charge in [0, 0.05) is 29.7 Å². The highest BCUT2D eigenvalue weighted by Gasteiger charge is 2.47. The molecule has 0 atom stereocenters. The Hall–Kier alpha value is -2.92. The monoisotopic (exact) mass is 389 g/mol. The van der Waals surface area contributed by atoms with Crippen molar-refractivity contribution in [1.29, 1.82) is 0 Å². The maximum atomic E-state index is 14.2. The van der Waals surface area contributed by atoms with E-state index >= 15 is 0 Å². The molecule has 1 aliphatic heterocycles. The van der Waals surface area contributed by atoms with Gasteiger partial charge in [-0.05, 0) is 54.5 Å². The topological polar surface area (TPSA) is 53.2 Å². The number of halogens is 1. The largest absolute Gasteiger partial charge is 0.380 e. The van der Waals surface area contributed by atoms with Crippen molar-refractivity contribution in [2.24, 2.45) is 0 Å². The highest BCUT2D eigenvalue weighted by Crippen LogP contribution is 2.48. The molecule has 3 N–H and O–H groups in total. The predicted molar refractivity (Wildman–Crippen MR) is 114 cm³/mol. The predicted octanol–water partition coefficient (Wildman–Crippen LogP) is 4.09. The van der Waals surface area contributed by atoms with E-state index in [-0.39, 0.29) is 11.7 Å². The summed E-state index contributed by atoms with van der Waals surface area (Å²) in [5, 5.41) is 11.4. The highest BCUT2D eigenvalue weighted by atomic mass is 19.1. The maximum Gasteiger partial charge on any atom is 0.252 e. The van der Waals surface area contributed by atoms with Crippen LogP contribution >= 0.6 is 0 Å². The summed E-state index contributed by atoms with van der Waals surface area (Å²) in [6.45, 7) is 3.84. The fourth-order valence-corrected chi connectivity index (χ4v) is 4.13. The number of benzene rings is 3. The van der Waals surface area contributed by atoms with Gasteiger partial charge in [-0.1, -0.05) is 36.4 Å². The molecule has 5 heteroatoms. The van der Waals surface area contributed by atoms with Crippen LogP contribution in [0.15, 0.2) is 54.6 Å². The molecule has 1 amide bonds. The summed E-state index contributed by atoms with van der Waals surface area (Å²) in [6.07, 6.45) is 1.72. The van der Waals surface area contributed by atoms with Gasteiger partial charge in [0.2, 0.25) is 0 Å². The van der Waals surface area contributed by atoms with Crippen molar-refractivity contribution in [2.75, 3.05) is 18.4 Å². The minimum absolute atomic E-state index is 0.0798. The Morgan fingerprint density at radius 3 is 2.52 bits per heavy atom. The van der Waals surface area contributed by atoms with E-state index in [4.69, 9.17) is 0 Å². The summed E-state index contributed by atoms with van der Waals surface area (Å²) in [5.74, 6) is -0.310. The molecule has 29 heavy (non-hydrogen) atoms. The van der Waals surface area contributed by atoms with Crippen molar-refractivity contribution in [3.8, 4) is 0 Å². The minimum atomic E-state index is -0.418. The lowest BCUT2D eigenvalue weighted by Gasteiger charge is -2.29. The molecular weight excluding hydrogens is 365 g/mol. The zero-order valence-electron chi connectivity index (χ0n) is 16.4. The van der Waals surface area contributed by atoms with Gasteiger partial charge in [-0.2, -0.15) is 0 Å². The third kappa shape index (κ3) is 3.25. The number of rotatable bonds is 5. The molecule has 2 fully saturated rings. The van der Waals surface area contributed by atoms with Crippen LogP contribution in [0.1, 0.15) is 34.3 Å². The van der Waals surface area contributed by atoms with E-state index in [1.165, 1.54) is 6.07 Å². The number of hydrogen-bond acceptors (Lipinski definition) is 3. The Kier molecular flexibility index (Phi) is 4.28. The Labute approximate surface area is 169 Å². The number of nitrogens with one attached hydrogen (secondary N) is 3. The number of aryl methyl sites for hydroxylation is 1. The summed E-state index contributed by atoms with van der Waals surface area (Å²) in [4.78, 5) is 13.2. The van der Waals surface area contributed by atoms with Gasteiger partial charge in [0.25, 0.3) is 5.91 Å². The van der Waals surface area contributed by atoms with Gasteiger partial charge in [-0.3, -0.25) is 4.79 Å². The summed E-state index contributed by atoms with van der Waals surface area (Å²) in [5.41, 5.74) is 3.16. The third-order valence-corrected chi connectivity index (χ3v) is 6.12. The normalized spacial score (nSPS) is 17.6. The molecule has 4 nitrogen and oxygen atoms in total. The molecule has 1 heterocycles. The first-order valence-corrected chi connectivity index (χ1v) is 10.1. The average Bonchev–Trinajstić information content (AvgIpc) is 3.46. The molecule has 3 aromatic rings. The van der Waals surface area contributed by atoms with E-state index in [9.17, 15) is 9.18 Å². The van der Waals surface area contributed by atoms with Gasteiger partial charge >= 0.3 is 0 Å². The van der Waals surface area contributed by atoms with Crippen LogP contribution in [0.25, 0.3) is 10.8 Å². The van der Waals surface area contributed by atoms with Gasteiger partial charge in [0.15, 0.2) is 0 Å². The molecule has 3 aromatic carbocycles. The van der Waals surface area contributed by atoms with E-state index < -0.39 is 5.54 Å². The summed E-state index contributed by atoms with van der Waals surface area (Å²) >= 11 is 0.